The average molecular weight is 274 g/mol. The molecule has 1 aliphatic heterocycles. The van der Waals surface area contributed by atoms with Gasteiger partial charge in [0, 0.05) is 25.8 Å². The van der Waals surface area contributed by atoms with Crippen LogP contribution in [0.2, 0.25) is 0 Å². The lowest BCUT2D eigenvalue weighted by molar-refractivity contribution is 0.171. The normalized spacial score (nSPS) is 15.1. The lowest BCUT2D eigenvalue weighted by atomic mass is 10.1. The Morgan fingerprint density at radius 2 is 2.10 bits per heavy atom. The first-order valence-corrected chi connectivity index (χ1v) is 6.70. The number of benzene rings is 1. The van der Waals surface area contributed by atoms with Crippen LogP contribution in [0.15, 0.2) is 24.4 Å². The maximum Gasteiger partial charge on any atom is 0.161 e. The molecule has 0 bridgehead atoms. The predicted molar refractivity (Wildman–Crippen MR) is 73.7 cm³/mol. The molecule has 6 heteroatoms. The third-order valence-electron chi connectivity index (χ3n) is 3.31. The third kappa shape index (κ3) is 2.75. The molecule has 0 radical (unpaired) electrons. The summed E-state index contributed by atoms with van der Waals surface area (Å²) >= 11 is 0. The second-order valence-electron chi connectivity index (χ2n) is 4.89. The van der Waals surface area contributed by atoms with Gasteiger partial charge in [-0.3, -0.25) is 4.68 Å². The van der Waals surface area contributed by atoms with E-state index in [-0.39, 0.29) is 6.04 Å². The number of aryl methyl sites for hydroxylation is 1. The molecule has 106 valence electrons. The quantitative estimate of drug-likeness (QED) is 0.914. The van der Waals surface area contributed by atoms with Gasteiger partial charge in [-0.1, -0.05) is 11.3 Å². The van der Waals surface area contributed by atoms with Crippen molar-refractivity contribution in [2.45, 2.75) is 19.5 Å². The van der Waals surface area contributed by atoms with Crippen LogP contribution < -0.4 is 14.8 Å². The van der Waals surface area contributed by atoms with Gasteiger partial charge in [0.15, 0.2) is 11.5 Å². The van der Waals surface area contributed by atoms with Crippen molar-refractivity contribution >= 4 is 0 Å². The molecule has 1 aliphatic rings. The number of nitrogens with zero attached hydrogens (tertiary/aromatic N) is 3. The fourth-order valence-electron chi connectivity index (χ4n) is 2.18. The summed E-state index contributed by atoms with van der Waals surface area (Å²) in [6.45, 7) is 4.02. The smallest absolute Gasteiger partial charge is 0.161 e. The molecule has 0 saturated carbocycles. The van der Waals surface area contributed by atoms with E-state index in [4.69, 9.17) is 9.47 Å². The molecule has 0 fully saturated rings. The van der Waals surface area contributed by atoms with Crippen LogP contribution >= 0.6 is 0 Å². The van der Waals surface area contributed by atoms with Crippen molar-refractivity contribution in [2.24, 2.45) is 7.05 Å². The van der Waals surface area contributed by atoms with Crippen LogP contribution in [0, 0.1) is 0 Å². The maximum absolute atomic E-state index is 5.60. The number of hydrogen-bond acceptors (Lipinski definition) is 5. The SMILES string of the molecule is CC(NCc1cn(C)nn1)c1ccc2c(c1)OCCO2. The van der Waals surface area contributed by atoms with Gasteiger partial charge in [-0.2, -0.15) is 0 Å². The van der Waals surface area contributed by atoms with Crippen LogP contribution in [0.25, 0.3) is 0 Å². The van der Waals surface area contributed by atoms with Gasteiger partial charge >= 0.3 is 0 Å². The lowest BCUT2D eigenvalue weighted by Gasteiger charge is -2.21. The van der Waals surface area contributed by atoms with Gasteiger partial charge in [-0.15, -0.1) is 5.10 Å². The Labute approximate surface area is 117 Å². The van der Waals surface area contributed by atoms with E-state index >= 15 is 0 Å². The summed E-state index contributed by atoms with van der Waals surface area (Å²) in [5.41, 5.74) is 2.09. The molecule has 0 saturated heterocycles. The first-order valence-electron chi connectivity index (χ1n) is 6.70. The lowest BCUT2D eigenvalue weighted by Crippen LogP contribution is -2.19. The van der Waals surface area contributed by atoms with E-state index in [0.717, 1.165) is 22.8 Å². The fraction of sp³-hybridized carbons (Fsp3) is 0.429. The number of aromatic nitrogens is 3. The first kappa shape index (κ1) is 12.9. The maximum atomic E-state index is 5.60. The Kier molecular flexibility index (Phi) is 3.56. The van der Waals surface area contributed by atoms with E-state index in [1.807, 2.05) is 25.4 Å². The molecule has 1 aromatic heterocycles. The van der Waals surface area contributed by atoms with Gasteiger partial charge < -0.3 is 14.8 Å². The number of ether oxygens (including phenoxy) is 2. The highest BCUT2D eigenvalue weighted by Gasteiger charge is 2.14. The zero-order valence-corrected chi connectivity index (χ0v) is 11.7. The summed E-state index contributed by atoms with van der Waals surface area (Å²) in [6.07, 6.45) is 1.91. The van der Waals surface area contributed by atoms with Gasteiger partial charge in [-0.25, -0.2) is 0 Å². The molecule has 0 aliphatic carbocycles. The zero-order valence-electron chi connectivity index (χ0n) is 11.7. The summed E-state index contributed by atoms with van der Waals surface area (Å²) in [5.74, 6) is 1.64. The molecule has 1 unspecified atom stereocenters. The Morgan fingerprint density at radius 1 is 1.30 bits per heavy atom. The van der Waals surface area contributed by atoms with Crippen LogP contribution in [0.1, 0.15) is 24.2 Å². The van der Waals surface area contributed by atoms with Crippen LogP contribution in [-0.2, 0) is 13.6 Å². The second-order valence-corrected chi connectivity index (χ2v) is 4.89. The number of nitrogens with one attached hydrogen (secondary N) is 1. The van der Waals surface area contributed by atoms with E-state index in [1.54, 1.807) is 4.68 Å². The summed E-state index contributed by atoms with van der Waals surface area (Å²) < 4.78 is 12.8. The molecule has 20 heavy (non-hydrogen) atoms. The fourth-order valence-corrected chi connectivity index (χ4v) is 2.18. The van der Waals surface area contributed by atoms with E-state index in [2.05, 4.69) is 28.6 Å². The van der Waals surface area contributed by atoms with Gasteiger partial charge in [0.1, 0.15) is 13.2 Å². The van der Waals surface area contributed by atoms with Gasteiger partial charge in [-0.05, 0) is 24.6 Å². The molecular weight excluding hydrogens is 256 g/mol. The molecule has 1 N–H and O–H groups in total. The van der Waals surface area contributed by atoms with Crippen molar-refractivity contribution in [3.63, 3.8) is 0 Å². The van der Waals surface area contributed by atoms with Crippen LogP contribution in [0.4, 0.5) is 0 Å². The molecule has 6 nitrogen and oxygen atoms in total. The first-order chi connectivity index (χ1) is 9.72. The summed E-state index contributed by atoms with van der Waals surface area (Å²) in [5, 5.41) is 11.4. The number of fused-ring (bicyclic) bond motifs is 1. The topological polar surface area (TPSA) is 61.2 Å². The van der Waals surface area contributed by atoms with E-state index < -0.39 is 0 Å². The van der Waals surface area contributed by atoms with Crippen LogP contribution in [-0.4, -0.2) is 28.2 Å². The molecule has 2 heterocycles. The largest absolute Gasteiger partial charge is 0.486 e. The summed E-state index contributed by atoms with van der Waals surface area (Å²) in [7, 11) is 1.86. The zero-order chi connectivity index (χ0) is 13.9. The van der Waals surface area contributed by atoms with Crippen LogP contribution in [0.5, 0.6) is 11.5 Å². The van der Waals surface area contributed by atoms with Gasteiger partial charge in [0.2, 0.25) is 0 Å². The highest BCUT2D eigenvalue weighted by atomic mass is 16.6. The van der Waals surface area contributed by atoms with Crippen molar-refractivity contribution in [3.05, 3.63) is 35.7 Å². The second kappa shape index (κ2) is 5.50. The molecule has 1 atom stereocenters. The van der Waals surface area contributed by atoms with Crippen molar-refractivity contribution in [2.75, 3.05) is 13.2 Å². The summed E-state index contributed by atoms with van der Waals surface area (Å²) in [4.78, 5) is 0. The average Bonchev–Trinajstić information content (AvgIpc) is 2.90. The van der Waals surface area contributed by atoms with Gasteiger partial charge in [0.25, 0.3) is 0 Å². The van der Waals surface area contributed by atoms with Crippen molar-refractivity contribution < 1.29 is 9.47 Å². The predicted octanol–water partition coefficient (Wildman–Crippen LogP) is 1.44. The van der Waals surface area contributed by atoms with E-state index in [9.17, 15) is 0 Å². The number of hydrogen-bond donors (Lipinski definition) is 1. The van der Waals surface area contributed by atoms with Crippen molar-refractivity contribution in [1.29, 1.82) is 0 Å². The monoisotopic (exact) mass is 274 g/mol. The molecule has 0 spiro atoms. The standard InChI is InChI=1S/C14H18N4O2/c1-10(15-8-12-9-18(2)17-16-12)11-3-4-13-14(7-11)20-6-5-19-13/h3-4,7,9-10,15H,5-6,8H2,1-2H3. The molecule has 3 rings (SSSR count). The highest BCUT2D eigenvalue weighted by Crippen LogP contribution is 2.32. The Hall–Kier alpha value is -2.08. The molecule has 0 amide bonds. The Morgan fingerprint density at radius 3 is 2.85 bits per heavy atom. The summed E-state index contributed by atoms with van der Waals surface area (Å²) in [6, 6.07) is 6.25. The Balaban J connectivity index is 1.66. The van der Waals surface area contributed by atoms with Crippen molar-refractivity contribution in [3.8, 4) is 11.5 Å². The minimum absolute atomic E-state index is 0.202. The Bertz CT molecular complexity index is 597. The van der Waals surface area contributed by atoms with Gasteiger partial charge in [0.05, 0.1) is 5.69 Å². The number of rotatable bonds is 4. The minimum atomic E-state index is 0.202. The van der Waals surface area contributed by atoms with E-state index in [1.165, 1.54) is 0 Å². The third-order valence-corrected chi connectivity index (χ3v) is 3.31. The molecule has 2 aromatic rings. The molecule has 1 aromatic carbocycles. The highest BCUT2D eigenvalue weighted by molar-refractivity contribution is 5.44. The van der Waals surface area contributed by atoms with Crippen molar-refractivity contribution in [1.82, 2.24) is 20.3 Å². The van der Waals surface area contributed by atoms with E-state index in [0.29, 0.717) is 19.8 Å². The minimum Gasteiger partial charge on any atom is -0.486 e. The van der Waals surface area contributed by atoms with Crippen LogP contribution in [0.3, 0.4) is 0 Å². The molecular formula is C14H18N4O2.